The molecule has 4 amide bonds. The minimum absolute atomic E-state index is 0.0796. The molecule has 4 atom stereocenters. The van der Waals surface area contributed by atoms with E-state index in [1.807, 2.05) is 87.5 Å². The van der Waals surface area contributed by atoms with Crippen molar-refractivity contribution >= 4 is 51.8 Å². The second-order valence-electron chi connectivity index (χ2n) is 14.0. The molecule has 0 aliphatic carbocycles. The monoisotopic (exact) mass is 746 g/mol. The first-order valence-electron chi connectivity index (χ1n) is 17.7. The Kier molecular flexibility index (Phi) is 14.7. The van der Waals surface area contributed by atoms with Gasteiger partial charge < -0.3 is 25.3 Å². The van der Waals surface area contributed by atoms with E-state index in [9.17, 15) is 28.2 Å². The molecule has 2 heterocycles. The van der Waals surface area contributed by atoms with Crippen molar-refractivity contribution in [3.8, 4) is 0 Å². The number of pyridine rings is 1. The van der Waals surface area contributed by atoms with E-state index in [0.717, 1.165) is 16.5 Å². The van der Waals surface area contributed by atoms with Crippen LogP contribution in [-0.4, -0.2) is 80.5 Å². The lowest BCUT2D eigenvalue weighted by Crippen LogP contribution is -2.59. The summed E-state index contributed by atoms with van der Waals surface area (Å²) in [5.74, 6) is -1.61. The van der Waals surface area contributed by atoms with Crippen molar-refractivity contribution in [3.63, 3.8) is 0 Å². The second-order valence-corrected chi connectivity index (χ2v) is 15.4. The van der Waals surface area contributed by atoms with Crippen molar-refractivity contribution in [2.75, 3.05) is 20.2 Å². The Morgan fingerprint density at radius 1 is 1.11 bits per heavy atom. The van der Waals surface area contributed by atoms with Crippen molar-refractivity contribution in [1.29, 1.82) is 0 Å². The summed E-state index contributed by atoms with van der Waals surface area (Å²) in [4.78, 5) is 69.7. The van der Waals surface area contributed by atoms with E-state index in [1.54, 1.807) is 13.2 Å². The van der Waals surface area contributed by atoms with Crippen molar-refractivity contribution in [2.24, 2.45) is 5.41 Å². The van der Waals surface area contributed by atoms with Gasteiger partial charge in [0, 0.05) is 31.7 Å². The van der Waals surface area contributed by atoms with Gasteiger partial charge in [0.2, 0.25) is 11.8 Å². The van der Waals surface area contributed by atoms with Gasteiger partial charge in [0.25, 0.3) is 11.5 Å². The predicted molar refractivity (Wildman–Crippen MR) is 206 cm³/mol. The molecule has 0 radical (unpaired) electrons. The average Bonchev–Trinajstić information content (AvgIpc) is 3.62. The van der Waals surface area contributed by atoms with E-state index in [2.05, 4.69) is 26.9 Å². The summed E-state index contributed by atoms with van der Waals surface area (Å²) in [5.41, 5.74) is 0.929. The van der Waals surface area contributed by atoms with E-state index in [1.165, 1.54) is 15.3 Å². The van der Waals surface area contributed by atoms with Crippen molar-refractivity contribution in [2.45, 2.75) is 77.5 Å². The molecule has 4 N–H and O–H groups in total. The van der Waals surface area contributed by atoms with Gasteiger partial charge in [-0.15, -0.1) is 6.58 Å². The number of nitrogens with zero attached hydrogens (tertiary/aromatic N) is 2. The van der Waals surface area contributed by atoms with Crippen molar-refractivity contribution in [3.05, 3.63) is 101 Å². The molecular weight excluding hydrogens is 697 g/mol. The number of benzene rings is 2. The zero-order valence-corrected chi connectivity index (χ0v) is 31.6. The zero-order chi connectivity index (χ0) is 38.5. The maximum absolute atomic E-state index is 13.9. The maximum Gasteiger partial charge on any atom is 0.407 e. The van der Waals surface area contributed by atoms with Gasteiger partial charge >= 0.3 is 6.09 Å². The van der Waals surface area contributed by atoms with Crippen LogP contribution in [0.15, 0.2) is 84.3 Å². The molecule has 1 fully saturated rings. The number of hydrogen-bond acceptors (Lipinski definition) is 7. The van der Waals surface area contributed by atoms with E-state index < -0.39 is 58.5 Å². The molecule has 1 aliphatic rings. The van der Waals surface area contributed by atoms with Crippen LogP contribution >= 0.6 is 0 Å². The summed E-state index contributed by atoms with van der Waals surface area (Å²) in [7, 11) is 1.61. The number of fused-ring (bicyclic) bond motifs is 1. The smallest absolute Gasteiger partial charge is 0.407 e. The summed E-state index contributed by atoms with van der Waals surface area (Å²) in [6.45, 7) is 9.87. The summed E-state index contributed by atoms with van der Waals surface area (Å²) >= 11 is -1.87. The first-order chi connectivity index (χ1) is 25.3. The molecule has 4 rings (SSSR count). The van der Waals surface area contributed by atoms with Crippen LogP contribution in [0, 0.1) is 5.41 Å². The first kappa shape index (κ1) is 40.7. The lowest BCUT2D eigenvalue weighted by molar-refractivity contribution is -0.142. The fraction of sp³-hybridized carbons (Fsp3) is 0.410. The molecule has 0 bridgehead atoms. The third-order valence-corrected chi connectivity index (χ3v) is 9.90. The van der Waals surface area contributed by atoms with Gasteiger partial charge in [0.1, 0.15) is 18.1 Å². The van der Waals surface area contributed by atoms with E-state index in [4.69, 9.17) is 4.74 Å². The van der Waals surface area contributed by atoms with Crippen LogP contribution in [0.2, 0.25) is 0 Å². The maximum atomic E-state index is 13.9. The highest BCUT2D eigenvalue weighted by molar-refractivity contribution is 7.81. The van der Waals surface area contributed by atoms with Crippen LogP contribution in [0.25, 0.3) is 16.8 Å². The SMILES string of the molecule is C=CCC(NC(=O)C1CCCN1C(=O)[C@@H](NC(=O)OCCC/C=C/c1ccc2cc[nH]c(=O)c2c1)C(C)(C)C)C(=O)NS(=O)N(C)Cc1ccccc1. The number of hydrogen-bond donors (Lipinski definition) is 4. The van der Waals surface area contributed by atoms with Crippen LogP contribution in [0.5, 0.6) is 0 Å². The third kappa shape index (κ3) is 11.7. The van der Waals surface area contributed by atoms with Gasteiger partial charge in [-0.2, -0.15) is 0 Å². The van der Waals surface area contributed by atoms with Crippen molar-refractivity contribution < 1.29 is 28.1 Å². The number of ether oxygens (including phenoxy) is 1. The van der Waals surface area contributed by atoms with Gasteiger partial charge in [-0.25, -0.2) is 13.3 Å². The Morgan fingerprint density at radius 2 is 1.87 bits per heavy atom. The second kappa shape index (κ2) is 19.1. The fourth-order valence-electron chi connectivity index (χ4n) is 5.97. The third-order valence-electron chi connectivity index (χ3n) is 8.83. The first-order valence-corrected chi connectivity index (χ1v) is 18.8. The Balaban J connectivity index is 1.29. The molecular formula is C39H50N6O7S. The molecule has 14 heteroatoms. The lowest BCUT2D eigenvalue weighted by Gasteiger charge is -2.35. The Labute approximate surface area is 312 Å². The van der Waals surface area contributed by atoms with Crippen LogP contribution in [0.1, 0.15) is 64.0 Å². The zero-order valence-electron chi connectivity index (χ0n) is 30.8. The highest BCUT2D eigenvalue weighted by atomic mass is 32.2. The van der Waals surface area contributed by atoms with Crippen LogP contribution in [-0.2, 0) is 36.8 Å². The number of aromatic amines is 1. The molecule has 0 spiro atoms. The number of nitrogens with one attached hydrogen (secondary N) is 4. The molecule has 284 valence electrons. The molecule has 53 heavy (non-hydrogen) atoms. The van der Waals surface area contributed by atoms with Gasteiger partial charge in [0.15, 0.2) is 11.2 Å². The fourth-order valence-corrected chi connectivity index (χ4v) is 6.70. The molecule has 2 aromatic carbocycles. The van der Waals surface area contributed by atoms with Crippen LogP contribution < -0.4 is 20.9 Å². The van der Waals surface area contributed by atoms with Crippen LogP contribution in [0.3, 0.4) is 0 Å². The summed E-state index contributed by atoms with van der Waals surface area (Å²) < 4.78 is 22.2. The number of carbonyl (C=O) groups is 4. The molecule has 0 saturated carbocycles. The number of likely N-dealkylation sites (tertiary alicyclic amines) is 1. The highest BCUT2D eigenvalue weighted by Gasteiger charge is 2.42. The quantitative estimate of drug-likeness (QED) is 0.125. The number of unbranched alkanes of at least 4 members (excludes halogenated alkanes) is 1. The minimum Gasteiger partial charge on any atom is -0.450 e. The Hall–Kier alpha value is -5.08. The normalized spacial score (nSPS) is 16.2. The highest BCUT2D eigenvalue weighted by Crippen LogP contribution is 2.26. The van der Waals surface area contributed by atoms with Gasteiger partial charge in [-0.3, -0.25) is 23.9 Å². The summed E-state index contributed by atoms with van der Waals surface area (Å²) in [6.07, 6.45) is 8.36. The molecule has 1 saturated heterocycles. The number of carbonyl (C=O) groups excluding carboxylic acids is 4. The standard InChI is InChI=1S/C39H50N6O7S/c1-6-14-31(35(47)43-53(51)44(5)26-28-16-9-7-10-17-28)41-36(48)32-18-13-23-45(32)37(49)33(39(2,3)4)42-38(50)52-24-12-8-11-15-27-19-20-29-21-22-40-34(46)30(29)25-27/h6-7,9-11,15-17,19-22,25,31-33H,1,8,12-14,18,23-24,26H2,2-5H3,(H,40,46)(H,41,48)(H,42,50)(H,43,47)/b15-11+/t31?,32?,33-,53?/m1/s1. The van der Waals surface area contributed by atoms with Crippen molar-refractivity contribution in [1.82, 2.24) is 29.5 Å². The average molecular weight is 747 g/mol. The van der Waals surface area contributed by atoms with E-state index in [0.29, 0.717) is 44.2 Å². The van der Waals surface area contributed by atoms with Gasteiger partial charge in [0.05, 0.1) is 6.61 Å². The molecule has 3 unspecified atom stereocenters. The van der Waals surface area contributed by atoms with Gasteiger partial charge in [-0.1, -0.05) is 81.5 Å². The number of H-pyrrole nitrogens is 1. The largest absolute Gasteiger partial charge is 0.450 e. The van der Waals surface area contributed by atoms with E-state index >= 15 is 0 Å². The summed E-state index contributed by atoms with van der Waals surface area (Å²) in [6, 6.07) is 13.9. The topological polar surface area (TPSA) is 170 Å². The molecule has 1 aromatic heterocycles. The molecule has 1 aliphatic heterocycles. The number of alkyl carbamates (subject to hydrolysis) is 1. The number of amides is 4. The Morgan fingerprint density at radius 3 is 2.58 bits per heavy atom. The lowest BCUT2D eigenvalue weighted by atomic mass is 9.85. The predicted octanol–water partition coefficient (Wildman–Crippen LogP) is 4.34. The molecule has 13 nitrogen and oxygen atoms in total. The number of allylic oxidation sites excluding steroid dienone is 1. The number of aromatic nitrogens is 1. The number of rotatable bonds is 16. The van der Waals surface area contributed by atoms with Crippen LogP contribution in [0.4, 0.5) is 4.79 Å². The Bertz CT molecular complexity index is 1870. The molecule has 3 aromatic rings. The van der Waals surface area contributed by atoms with Gasteiger partial charge in [-0.05, 0) is 66.2 Å². The summed E-state index contributed by atoms with van der Waals surface area (Å²) in [5, 5.41) is 6.90. The minimum atomic E-state index is -1.87. The van der Waals surface area contributed by atoms with E-state index in [-0.39, 0.29) is 18.6 Å².